The van der Waals surface area contributed by atoms with Gasteiger partial charge in [-0.2, -0.15) is 0 Å². The topological polar surface area (TPSA) is 33.5 Å². The fraction of sp³-hybridized carbons (Fsp3) is 0.615. The zero-order chi connectivity index (χ0) is 11.4. The summed E-state index contributed by atoms with van der Waals surface area (Å²) in [5, 5.41) is 0. The van der Waals surface area contributed by atoms with Crippen LogP contribution in [0.15, 0.2) is 22.8 Å². The average Bonchev–Trinajstić information content (AvgIpc) is 2.98. The number of Topliss-reactive ketones (excluding diaryl/α,β-unsaturated/α-hetero) is 1. The van der Waals surface area contributed by atoms with Gasteiger partial charge in [-0.3, -0.25) is 9.69 Å². The molecule has 1 saturated carbocycles. The molecular formula is C13H19NO2. The van der Waals surface area contributed by atoms with Gasteiger partial charge < -0.3 is 4.42 Å². The zero-order valence-corrected chi connectivity index (χ0v) is 9.82. The first-order valence-electron chi connectivity index (χ1n) is 6.07. The highest BCUT2D eigenvalue weighted by Crippen LogP contribution is 2.28. The fourth-order valence-electron chi connectivity index (χ4n) is 1.94. The number of hydrogen-bond acceptors (Lipinski definition) is 3. The molecule has 0 spiro atoms. The Hall–Kier alpha value is -1.09. The van der Waals surface area contributed by atoms with Crippen LogP contribution in [-0.2, 0) is 11.3 Å². The van der Waals surface area contributed by atoms with Crippen LogP contribution in [-0.4, -0.2) is 23.3 Å². The van der Waals surface area contributed by atoms with Gasteiger partial charge in [-0.05, 0) is 31.4 Å². The van der Waals surface area contributed by atoms with E-state index in [2.05, 4.69) is 4.90 Å². The Labute approximate surface area is 96.4 Å². The quantitative estimate of drug-likeness (QED) is 0.709. The van der Waals surface area contributed by atoms with E-state index in [0.717, 1.165) is 18.7 Å². The third kappa shape index (κ3) is 3.20. The second-order valence-electron chi connectivity index (χ2n) is 4.50. The van der Waals surface area contributed by atoms with Crippen LogP contribution in [0.5, 0.6) is 0 Å². The van der Waals surface area contributed by atoms with Gasteiger partial charge in [-0.1, -0.05) is 6.92 Å². The first kappa shape index (κ1) is 11.4. The SMILES string of the molecule is CCCC(=O)CN(Cc1ccco1)C1CC1. The van der Waals surface area contributed by atoms with Crippen molar-refractivity contribution in [3.05, 3.63) is 24.2 Å². The van der Waals surface area contributed by atoms with Crippen LogP contribution < -0.4 is 0 Å². The second kappa shape index (κ2) is 5.30. The largest absolute Gasteiger partial charge is 0.468 e. The molecule has 0 unspecified atom stereocenters. The molecular weight excluding hydrogens is 202 g/mol. The van der Waals surface area contributed by atoms with Gasteiger partial charge >= 0.3 is 0 Å². The summed E-state index contributed by atoms with van der Waals surface area (Å²) in [6, 6.07) is 4.47. The molecule has 88 valence electrons. The summed E-state index contributed by atoms with van der Waals surface area (Å²) < 4.78 is 5.33. The van der Waals surface area contributed by atoms with E-state index in [1.807, 2.05) is 19.1 Å². The number of nitrogens with zero attached hydrogens (tertiary/aromatic N) is 1. The first-order valence-corrected chi connectivity index (χ1v) is 6.07. The Balaban J connectivity index is 1.87. The highest BCUT2D eigenvalue weighted by molar-refractivity contribution is 5.80. The van der Waals surface area contributed by atoms with Crippen LogP contribution in [0.4, 0.5) is 0 Å². The van der Waals surface area contributed by atoms with Crippen LogP contribution >= 0.6 is 0 Å². The van der Waals surface area contributed by atoms with Crippen LogP contribution in [0.1, 0.15) is 38.4 Å². The van der Waals surface area contributed by atoms with Crippen molar-refractivity contribution in [1.29, 1.82) is 0 Å². The van der Waals surface area contributed by atoms with Gasteiger partial charge in [0.05, 0.1) is 19.4 Å². The smallest absolute Gasteiger partial charge is 0.146 e. The highest BCUT2D eigenvalue weighted by Gasteiger charge is 2.30. The second-order valence-corrected chi connectivity index (χ2v) is 4.50. The van der Waals surface area contributed by atoms with Gasteiger partial charge in [-0.15, -0.1) is 0 Å². The summed E-state index contributed by atoms with van der Waals surface area (Å²) in [5.74, 6) is 1.30. The molecule has 0 aromatic carbocycles. The van der Waals surface area contributed by atoms with E-state index in [9.17, 15) is 4.79 Å². The van der Waals surface area contributed by atoms with Crippen molar-refractivity contribution in [3.8, 4) is 0 Å². The van der Waals surface area contributed by atoms with Crippen LogP contribution in [0.3, 0.4) is 0 Å². The predicted molar refractivity (Wildman–Crippen MR) is 62.1 cm³/mol. The highest BCUT2D eigenvalue weighted by atomic mass is 16.3. The molecule has 1 aliphatic carbocycles. The van der Waals surface area contributed by atoms with E-state index in [-0.39, 0.29) is 0 Å². The molecule has 0 amide bonds. The van der Waals surface area contributed by atoms with E-state index < -0.39 is 0 Å². The first-order chi connectivity index (χ1) is 7.79. The van der Waals surface area contributed by atoms with E-state index in [0.29, 0.717) is 24.8 Å². The fourth-order valence-corrected chi connectivity index (χ4v) is 1.94. The number of furan rings is 1. The van der Waals surface area contributed by atoms with Gasteiger partial charge in [0.2, 0.25) is 0 Å². The molecule has 0 N–H and O–H groups in total. The Morgan fingerprint density at radius 1 is 1.56 bits per heavy atom. The Kier molecular flexibility index (Phi) is 3.78. The third-order valence-electron chi connectivity index (χ3n) is 2.91. The maximum Gasteiger partial charge on any atom is 0.146 e. The third-order valence-corrected chi connectivity index (χ3v) is 2.91. The van der Waals surface area contributed by atoms with Gasteiger partial charge in [0.25, 0.3) is 0 Å². The number of hydrogen-bond donors (Lipinski definition) is 0. The maximum atomic E-state index is 11.6. The van der Waals surface area contributed by atoms with Crippen LogP contribution in [0.25, 0.3) is 0 Å². The molecule has 1 aliphatic rings. The summed E-state index contributed by atoms with van der Waals surface area (Å²) in [6.07, 6.45) is 5.77. The monoisotopic (exact) mass is 221 g/mol. The normalized spacial score (nSPS) is 15.6. The summed E-state index contributed by atoms with van der Waals surface area (Å²) in [5.41, 5.74) is 0. The van der Waals surface area contributed by atoms with Crippen molar-refractivity contribution >= 4 is 5.78 Å². The lowest BCUT2D eigenvalue weighted by Crippen LogP contribution is -2.31. The molecule has 3 nitrogen and oxygen atoms in total. The lowest BCUT2D eigenvalue weighted by atomic mass is 10.2. The minimum atomic E-state index is 0.348. The standard InChI is InChI=1S/C13H19NO2/c1-2-4-12(15)9-14(11-6-7-11)10-13-5-3-8-16-13/h3,5,8,11H,2,4,6-7,9-10H2,1H3. The molecule has 1 fully saturated rings. The number of carbonyl (C=O) groups excluding carboxylic acids is 1. The lowest BCUT2D eigenvalue weighted by molar-refractivity contribution is -0.120. The number of carbonyl (C=O) groups is 1. The minimum absolute atomic E-state index is 0.348. The van der Waals surface area contributed by atoms with E-state index in [1.165, 1.54) is 12.8 Å². The molecule has 2 rings (SSSR count). The molecule has 0 aliphatic heterocycles. The number of ketones is 1. The van der Waals surface area contributed by atoms with Crippen molar-refractivity contribution in [1.82, 2.24) is 4.90 Å². The van der Waals surface area contributed by atoms with Crippen molar-refractivity contribution in [3.63, 3.8) is 0 Å². The lowest BCUT2D eigenvalue weighted by Gasteiger charge is -2.19. The molecule has 16 heavy (non-hydrogen) atoms. The number of rotatable bonds is 7. The molecule has 1 aromatic heterocycles. The Morgan fingerprint density at radius 3 is 2.94 bits per heavy atom. The van der Waals surface area contributed by atoms with Crippen molar-refractivity contribution in [2.75, 3.05) is 6.54 Å². The van der Waals surface area contributed by atoms with Crippen molar-refractivity contribution < 1.29 is 9.21 Å². The predicted octanol–water partition coefficient (Wildman–Crippen LogP) is 2.61. The molecule has 1 heterocycles. The van der Waals surface area contributed by atoms with Gasteiger partial charge in [0.1, 0.15) is 11.5 Å². The van der Waals surface area contributed by atoms with Crippen molar-refractivity contribution in [2.24, 2.45) is 0 Å². The molecule has 0 atom stereocenters. The molecule has 1 aromatic rings. The maximum absolute atomic E-state index is 11.6. The minimum Gasteiger partial charge on any atom is -0.468 e. The Morgan fingerprint density at radius 2 is 2.38 bits per heavy atom. The molecule has 0 radical (unpaired) electrons. The summed E-state index contributed by atoms with van der Waals surface area (Å²) in [7, 11) is 0. The van der Waals surface area contributed by atoms with Crippen molar-refractivity contribution in [2.45, 2.75) is 45.2 Å². The molecule has 0 saturated heterocycles. The van der Waals surface area contributed by atoms with Gasteiger partial charge in [0.15, 0.2) is 0 Å². The zero-order valence-electron chi connectivity index (χ0n) is 9.82. The summed E-state index contributed by atoms with van der Waals surface area (Å²) >= 11 is 0. The van der Waals surface area contributed by atoms with Gasteiger partial charge in [0, 0.05) is 12.5 Å². The van der Waals surface area contributed by atoms with Crippen LogP contribution in [0, 0.1) is 0 Å². The van der Waals surface area contributed by atoms with Crippen LogP contribution in [0.2, 0.25) is 0 Å². The summed E-state index contributed by atoms with van der Waals surface area (Å²) in [4.78, 5) is 13.9. The van der Waals surface area contributed by atoms with E-state index in [4.69, 9.17) is 4.42 Å². The average molecular weight is 221 g/mol. The van der Waals surface area contributed by atoms with E-state index in [1.54, 1.807) is 6.26 Å². The molecule has 0 bridgehead atoms. The van der Waals surface area contributed by atoms with Gasteiger partial charge in [-0.25, -0.2) is 0 Å². The molecule has 3 heteroatoms. The summed E-state index contributed by atoms with van der Waals surface area (Å²) in [6.45, 7) is 3.40. The van der Waals surface area contributed by atoms with E-state index >= 15 is 0 Å². The Bertz CT molecular complexity index is 328.